The summed E-state index contributed by atoms with van der Waals surface area (Å²) in [5.74, 6) is -3.14. The maximum absolute atomic E-state index is 11.4. The van der Waals surface area contributed by atoms with Gasteiger partial charge in [-0.15, -0.1) is 0 Å². The third-order valence-corrected chi connectivity index (χ3v) is 3.63. The van der Waals surface area contributed by atoms with Gasteiger partial charge >= 0.3 is 11.9 Å². The second-order valence-electron chi connectivity index (χ2n) is 4.26. The van der Waals surface area contributed by atoms with E-state index >= 15 is 0 Å². The van der Waals surface area contributed by atoms with E-state index in [-0.39, 0.29) is 4.47 Å². The first-order valence-electron chi connectivity index (χ1n) is 5.71. The SMILES string of the molecule is O=C(O)c1ccc([N+](=O)[O-])c2c([N+](=O)[O-])c(Br)cc(C(=O)O)c12. The van der Waals surface area contributed by atoms with Crippen molar-refractivity contribution in [3.63, 3.8) is 0 Å². The van der Waals surface area contributed by atoms with Crippen molar-refractivity contribution < 1.29 is 29.6 Å². The first-order chi connectivity index (χ1) is 10.7. The van der Waals surface area contributed by atoms with Gasteiger partial charge in [-0.3, -0.25) is 20.2 Å². The number of rotatable bonds is 4. The summed E-state index contributed by atoms with van der Waals surface area (Å²) in [7, 11) is 0. The van der Waals surface area contributed by atoms with Crippen LogP contribution in [0.3, 0.4) is 0 Å². The predicted molar refractivity (Wildman–Crippen MR) is 78.9 cm³/mol. The summed E-state index contributed by atoms with van der Waals surface area (Å²) in [4.78, 5) is 43.1. The Morgan fingerprint density at radius 1 is 0.957 bits per heavy atom. The summed E-state index contributed by atoms with van der Waals surface area (Å²) < 4.78 is -0.307. The van der Waals surface area contributed by atoms with Crippen LogP contribution in [0.15, 0.2) is 22.7 Å². The van der Waals surface area contributed by atoms with Crippen LogP contribution in [0.2, 0.25) is 0 Å². The molecule has 0 atom stereocenters. The van der Waals surface area contributed by atoms with Crippen molar-refractivity contribution in [1.29, 1.82) is 0 Å². The number of hydrogen-bond acceptors (Lipinski definition) is 6. The maximum Gasteiger partial charge on any atom is 0.336 e. The molecule has 0 aliphatic rings. The molecular formula is C12H5BrN2O8. The van der Waals surface area contributed by atoms with E-state index in [1.165, 1.54) is 0 Å². The predicted octanol–water partition coefficient (Wildman–Crippen LogP) is 2.82. The Morgan fingerprint density at radius 2 is 1.52 bits per heavy atom. The van der Waals surface area contributed by atoms with E-state index in [1.807, 2.05) is 0 Å². The second-order valence-corrected chi connectivity index (χ2v) is 5.12. The summed E-state index contributed by atoms with van der Waals surface area (Å²) in [6.45, 7) is 0. The van der Waals surface area contributed by atoms with Crippen LogP contribution in [0.1, 0.15) is 20.7 Å². The smallest absolute Gasteiger partial charge is 0.336 e. The van der Waals surface area contributed by atoms with Crippen LogP contribution in [0.25, 0.3) is 10.8 Å². The van der Waals surface area contributed by atoms with Crippen molar-refractivity contribution in [2.24, 2.45) is 0 Å². The van der Waals surface area contributed by atoms with E-state index in [9.17, 15) is 40.0 Å². The second kappa shape index (κ2) is 5.61. The van der Waals surface area contributed by atoms with Crippen molar-refractivity contribution in [3.8, 4) is 0 Å². The van der Waals surface area contributed by atoms with Crippen molar-refractivity contribution in [2.45, 2.75) is 0 Å². The number of benzene rings is 2. The van der Waals surface area contributed by atoms with E-state index in [4.69, 9.17) is 0 Å². The van der Waals surface area contributed by atoms with Gasteiger partial charge in [0.2, 0.25) is 0 Å². The van der Waals surface area contributed by atoms with Crippen LogP contribution in [-0.4, -0.2) is 32.0 Å². The molecule has 11 heteroatoms. The highest BCUT2D eigenvalue weighted by atomic mass is 79.9. The van der Waals surface area contributed by atoms with Gasteiger partial charge in [-0.05, 0) is 28.1 Å². The lowest BCUT2D eigenvalue weighted by Crippen LogP contribution is -2.07. The number of aromatic carboxylic acids is 2. The molecule has 0 saturated carbocycles. The molecule has 23 heavy (non-hydrogen) atoms. The Labute approximate surface area is 134 Å². The quantitative estimate of drug-likeness (QED) is 0.600. The standard InChI is InChI=1S/C12H5BrN2O8/c13-6-3-5(12(18)19)8-4(11(16)17)1-2-7(14(20)21)9(8)10(6)15(22)23/h1-3H,(H,16,17)(H,18,19). The fourth-order valence-electron chi connectivity index (χ4n) is 2.18. The van der Waals surface area contributed by atoms with Gasteiger partial charge in [0.25, 0.3) is 11.4 Å². The molecule has 0 radical (unpaired) electrons. The molecule has 118 valence electrons. The Bertz CT molecular complexity index is 908. The zero-order chi connectivity index (χ0) is 17.5. The van der Waals surface area contributed by atoms with Crippen LogP contribution in [0, 0.1) is 20.2 Å². The number of hydrogen-bond donors (Lipinski definition) is 2. The molecule has 0 aliphatic carbocycles. The van der Waals surface area contributed by atoms with Crippen LogP contribution in [0.5, 0.6) is 0 Å². The molecule has 2 N–H and O–H groups in total. The molecule has 0 bridgehead atoms. The van der Waals surface area contributed by atoms with E-state index in [0.717, 1.165) is 18.2 Å². The summed E-state index contributed by atoms with van der Waals surface area (Å²) in [5, 5.41) is 39.5. The Morgan fingerprint density at radius 3 is 1.96 bits per heavy atom. The number of carboxylic acids is 2. The first-order valence-corrected chi connectivity index (χ1v) is 6.50. The summed E-state index contributed by atoms with van der Waals surface area (Å²) in [5.41, 5.74) is -2.72. The molecule has 0 fully saturated rings. The summed E-state index contributed by atoms with van der Waals surface area (Å²) in [6, 6.07) is 2.47. The van der Waals surface area contributed by atoms with E-state index < -0.39 is 55.1 Å². The number of fused-ring (bicyclic) bond motifs is 1. The largest absolute Gasteiger partial charge is 0.478 e. The monoisotopic (exact) mass is 384 g/mol. The highest BCUT2D eigenvalue weighted by molar-refractivity contribution is 9.10. The molecule has 0 unspecified atom stereocenters. The minimum Gasteiger partial charge on any atom is -0.478 e. The number of nitro benzene ring substituents is 2. The fourth-order valence-corrected chi connectivity index (χ4v) is 2.75. The van der Waals surface area contributed by atoms with Crippen LogP contribution in [0.4, 0.5) is 11.4 Å². The van der Waals surface area contributed by atoms with Crippen LogP contribution < -0.4 is 0 Å². The molecule has 2 rings (SSSR count). The van der Waals surface area contributed by atoms with Gasteiger partial charge in [0.05, 0.1) is 25.4 Å². The molecule has 0 amide bonds. The van der Waals surface area contributed by atoms with Gasteiger partial charge in [-0.25, -0.2) is 9.59 Å². The molecule has 0 spiro atoms. The molecule has 0 saturated heterocycles. The number of carbonyl (C=O) groups is 2. The average Bonchev–Trinajstić information content (AvgIpc) is 2.43. The van der Waals surface area contributed by atoms with Gasteiger partial charge in [-0.2, -0.15) is 0 Å². The van der Waals surface area contributed by atoms with Crippen molar-refractivity contribution in [3.05, 3.63) is 54.0 Å². The maximum atomic E-state index is 11.4. The number of halogens is 1. The summed E-state index contributed by atoms with van der Waals surface area (Å²) in [6.07, 6.45) is 0. The van der Waals surface area contributed by atoms with Gasteiger partial charge in [0, 0.05) is 11.5 Å². The van der Waals surface area contributed by atoms with Gasteiger partial charge < -0.3 is 10.2 Å². The number of nitro groups is 2. The Balaban J connectivity index is 3.26. The lowest BCUT2D eigenvalue weighted by atomic mass is 9.96. The Hall–Kier alpha value is -3.08. The van der Waals surface area contributed by atoms with Crippen molar-refractivity contribution >= 4 is 50.0 Å². The molecule has 2 aromatic rings. The molecule has 0 aromatic heterocycles. The zero-order valence-corrected chi connectivity index (χ0v) is 12.4. The average molecular weight is 385 g/mol. The number of nitrogens with zero attached hydrogens (tertiary/aromatic N) is 2. The highest BCUT2D eigenvalue weighted by Crippen LogP contribution is 2.42. The molecule has 10 nitrogen and oxygen atoms in total. The van der Waals surface area contributed by atoms with Crippen molar-refractivity contribution in [2.75, 3.05) is 0 Å². The lowest BCUT2D eigenvalue weighted by molar-refractivity contribution is -0.390. The molecular weight excluding hydrogens is 380 g/mol. The third-order valence-electron chi connectivity index (χ3n) is 3.03. The first kappa shape index (κ1) is 16.3. The van der Waals surface area contributed by atoms with Gasteiger partial charge in [0.15, 0.2) is 0 Å². The van der Waals surface area contributed by atoms with E-state index in [1.54, 1.807) is 0 Å². The third kappa shape index (κ3) is 2.57. The minimum absolute atomic E-state index is 0.307. The number of carboxylic acid groups (broad SMARTS) is 2. The Kier molecular flexibility index (Phi) is 3.97. The molecule has 0 aliphatic heterocycles. The van der Waals surface area contributed by atoms with Crippen LogP contribution >= 0.6 is 15.9 Å². The van der Waals surface area contributed by atoms with Crippen molar-refractivity contribution in [1.82, 2.24) is 0 Å². The zero-order valence-electron chi connectivity index (χ0n) is 10.8. The lowest BCUT2D eigenvalue weighted by Gasteiger charge is -2.09. The van der Waals surface area contributed by atoms with Crippen LogP contribution in [-0.2, 0) is 0 Å². The fraction of sp³-hybridized carbons (Fsp3) is 0. The topological polar surface area (TPSA) is 161 Å². The number of non-ortho nitro benzene ring substituents is 1. The summed E-state index contributed by atoms with van der Waals surface area (Å²) >= 11 is 2.81. The van der Waals surface area contributed by atoms with E-state index in [0.29, 0.717) is 0 Å². The molecule has 0 heterocycles. The normalized spacial score (nSPS) is 10.5. The molecule has 2 aromatic carbocycles. The van der Waals surface area contributed by atoms with E-state index in [2.05, 4.69) is 15.9 Å². The minimum atomic E-state index is -1.58. The van der Waals surface area contributed by atoms with Gasteiger partial charge in [0.1, 0.15) is 5.39 Å². The highest BCUT2D eigenvalue weighted by Gasteiger charge is 2.32. The van der Waals surface area contributed by atoms with Gasteiger partial charge in [-0.1, -0.05) is 0 Å².